The van der Waals surface area contributed by atoms with E-state index in [1.54, 1.807) is 0 Å². The van der Waals surface area contributed by atoms with E-state index in [1.165, 1.54) is 0 Å². The molecule has 0 saturated carbocycles. The molecule has 2 rings (SSSR count). The molecule has 5 nitrogen and oxygen atoms in total. The highest BCUT2D eigenvalue weighted by Gasteiger charge is 2.25. The average Bonchev–Trinajstić information content (AvgIpc) is 2.82. The Morgan fingerprint density at radius 3 is 2.94 bits per heavy atom. The van der Waals surface area contributed by atoms with Gasteiger partial charge in [0.2, 0.25) is 0 Å². The van der Waals surface area contributed by atoms with Crippen LogP contribution in [-0.2, 0) is 6.54 Å². The molecule has 0 aromatic carbocycles. The van der Waals surface area contributed by atoms with Crippen LogP contribution in [0.1, 0.15) is 25.2 Å². The molecule has 0 spiro atoms. The first-order valence-electron chi connectivity index (χ1n) is 6.77. The number of rotatable bonds is 4. The first-order valence-corrected chi connectivity index (χ1v) is 6.77. The molecule has 2 N–H and O–H groups in total. The second-order valence-electron chi connectivity index (χ2n) is 5.31. The molecule has 5 heteroatoms. The van der Waals surface area contributed by atoms with Crippen molar-refractivity contribution in [1.82, 2.24) is 19.4 Å². The van der Waals surface area contributed by atoms with Gasteiger partial charge < -0.3 is 20.1 Å². The van der Waals surface area contributed by atoms with Gasteiger partial charge in [-0.15, -0.1) is 0 Å². The molecule has 0 bridgehead atoms. The number of imidazole rings is 1. The van der Waals surface area contributed by atoms with Gasteiger partial charge in [0.15, 0.2) is 0 Å². The third-order valence-electron chi connectivity index (χ3n) is 3.93. The predicted molar refractivity (Wildman–Crippen MR) is 73.4 cm³/mol. The largest absolute Gasteiger partial charge is 0.334 e. The molecular weight excluding hydrogens is 226 g/mol. The Hall–Kier alpha value is -0.910. The number of aromatic nitrogens is 2. The predicted octanol–water partition coefficient (Wildman–Crippen LogP) is 0.539. The summed E-state index contributed by atoms with van der Waals surface area (Å²) >= 11 is 0. The minimum Gasteiger partial charge on any atom is -0.334 e. The van der Waals surface area contributed by atoms with Gasteiger partial charge in [0, 0.05) is 44.6 Å². The number of piperazine rings is 1. The van der Waals surface area contributed by atoms with E-state index in [-0.39, 0.29) is 6.04 Å². The molecule has 2 unspecified atom stereocenters. The summed E-state index contributed by atoms with van der Waals surface area (Å²) in [7, 11) is 4.37. The average molecular weight is 251 g/mol. The summed E-state index contributed by atoms with van der Waals surface area (Å²) in [6.07, 6.45) is 4.82. The van der Waals surface area contributed by atoms with Crippen LogP contribution in [0.2, 0.25) is 0 Å². The van der Waals surface area contributed by atoms with Crippen molar-refractivity contribution in [1.29, 1.82) is 0 Å². The number of aryl methyl sites for hydroxylation is 1. The Morgan fingerprint density at radius 2 is 2.22 bits per heavy atom. The van der Waals surface area contributed by atoms with Gasteiger partial charge in [-0.3, -0.25) is 0 Å². The van der Waals surface area contributed by atoms with Gasteiger partial charge in [-0.25, -0.2) is 4.98 Å². The standard InChI is InChI=1S/C13H25N5/c1-4-18-6-5-15-13(18)12(14)9-11-10-16(2)7-8-17(11)3/h5-6,11-12H,4,7-10,14H2,1-3H3. The normalized spacial score (nSPS) is 24.3. The van der Waals surface area contributed by atoms with Gasteiger partial charge in [0.05, 0.1) is 6.04 Å². The Labute approximate surface area is 110 Å². The van der Waals surface area contributed by atoms with Crippen molar-refractivity contribution >= 4 is 0 Å². The zero-order valence-corrected chi connectivity index (χ0v) is 11.7. The number of hydrogen-bond acceptors (Lipinski definition) is 4. The fourth-order valence-electron chi connectivity index (χ4n) is 2.67. The van der Waals surface area contributed by atoms with E-state index < -0.39 is 0 Å². The maximum absolute atomic E-state index is 6.33. The van der Waals surface area contributed by atoms with Crippen LogP contribution in [0.15, 0.2) is 12.4 Å². The molecule has 1 saturated heterocycles. The Morgan fingerprint density at radius 1 is 1.44 bits per heavy atom. The van der Waals surface area contributed by atoms with Crippen molar-refractivity contribution in [3.63, 3.8) is 0 Å². The minimum atomic E-state index is 0.0268. The molecule has 2 atom stereocenters. The Bertz CT molecular complexity index is 375. The maximum atomic E-state index is 6.33. The summed E-state index contributed by atoms with van der Waals surface area (Å²) < 4.78 is 2.14. The van der Waals surface area contributed by atoms with Crippen molar-refractivity contribution in [2.45, 2.75) is 32.0 Å². The molecular formula is C13H25N5. The molecule has 1 aromatic heterocycles. The van der Waals surface area contributed by atoms with Gasteiger partial charge in [0.25, 0.3) is 0 Å². The number of nitrogens with zero attached hydrogens (tertiary/aromatic N) is 4. The first kappa shape index (κ1) is 13.5. The number of nitrogens with two attached hydrogens (primary N) is 1. The molecule has 0 radical (unpaired) electrons. The highest BCUT2D eigenvalue weighted by Crippen LogP contribution is 2.19. The third kappa shape index (κ3) is 2.91. The second kappa shape index (κ2) is 5.82. The molecule has 1 aliphatic rings. The molecule has 18 heavy (non-hydrogen) atoms. The molecule has 102 valence electrons. The van der Waals surface area contributed by atoms with E-state index in [4.69, 9.17) is 5.73 Å². The topological polar surface area (TPSA) is 50.3 Å². The van der Waals surface area contributed by atoms with E-state index in [0.717, 1.165) is 38.4 Å². The molecule has 2 heterocycles. The third-order valence-corrected chi connectivity index (χ3v) is 3.93. The van der Waals surface area contributed by atoms with Gasteiger partial charge in [-0.1, -0.05) is 0 Å². The fraction of sp³-hybridized carbons (Fsp3) is 0.769. The lowest BCUT2D eigenvalue weighted by Crippen LogP contribution is -2.50. The molecule has 1 aromatic rings. The summed E-state index contributed by atoms with van der Waals surface area (Å²) in [4.78, 5) is 9.20. The molecule has 0 amide bonds. The Kier molecular flexibility index (Phi) is 4.37. The van der Waals surface area contributed by atoms with Crippen molar-refractivity contribution in [3.05, 3.63) is 18.2 Å². The maximum Gasteiger partial charge on any atom is 0.125 e. The molecule has 1 fully saturated rings. The quantitative estimate of drug-likeness (QED) is 0.848. The second-order valence-corrected chi connectivity index (χ2v) is 5.31. The number of hydrogen-bond donors (Lipinski definition) is 1. The highest BCUT2D eigenvalue weighted by molar-refractivity contribution is 5.00. The Balaban J connectivity index is 2.00. The number of likely N-dealkylation sites (N-methyl/N-ethyl adjacent to an activating group) is 2. The summed E-state index contributed by atoms with van der Waals surface area (Å²) in [6, 6.07) is 0.555. The SMILES string of the molecule is CCn1ccnc1C(N)CC1CN(C)CCN1C. The molecule has 1 aliphatic heterocycles. The zero-order chi connectivity index (χ0) is 13.1. The van der Waals surface area contributed by atoms with Gasteiger partial charge in [-0.05, 0) is 27.4 Å². The van der Waals surface area contributed by atoms with E-state index in [0.29, 0.717) is 6.04 Å². The van der Waals surface area contributed by atoms with Crippen LogP contribution >= 0.6 is 0 Å². The highest BCUT2D eigenvalue weighted by atomic mass is 15.3. The monoisotopic (exact) mass is 251 g/mol. The zero-order valence-electron chi connectivity index (χ0n) is 11.7. The van der Waals surface area contributed by atoms with Gasteiger partial charge in [0.1, 0.15) is 5.82 Å². The van der Waals surface area contributed by atoms with Crippen LogP contribution in [0.5, 0.6) is 0 Å². The summed E-state index contributed by atoms with van der Waals surface area (Å²) in [6.45, 7) is 6.42. The fourth-order valence-corrected chi connectivity index (χ4v) is 2.67. The summed E-state index contributed by atoms with van der Waals surface area (Å²) in [5, 5.41) is 0. The smallest absolute Gasteiger partial charge is 0.125 e. The van der Waals surface area contributed by atoms with Crippen molar-refractivity contribution in [2.24, 2.45) is 5.73 Å². The van der Waals surface area contributed by atoms with Gasteiger partial charge >= 0.3 is 0 Å². The van der Waals surface area contributed by atoms with Crippen LogP contribution in [0.3, 0.4) is 0 Å². The van der Waals surface area contributed by atoms with Crippen molar-refractivity contribution in [2.75, 3.05) is 33.7 Å². The van der Waals surface area contributed by atoms with Crippen LogP contribution in [-0.4, -0.2) is 59.1 Å². The van der Waals surface area contributed by atoms with Crippen LogP contribution < -0.4 is 5.73 Å². The van der Waals surface area contributed by atoms with E-state index >= 15 is 0 Å². The van der Waals surface area contributed by atoms with Crippen LogP contribution in [0, 0.1) is 0 Å². The molecule has 0 aliphatic carbocycles. The summed E-state index contributed by atoms with van der Waals surface area (Å²) in [5.74, 6) is 1.01. The lowest BCUT2D eigenvalue weighted by molar-refractivity contribution is 0.103. The van der Waals surface area contributed by atoms with Gasteiger partial charge in [-0.2, -0.15) is 0 Å². The van der Waals surface area contributed by atoms with Crippen LogP contribution in [0.4, 0.5) is 0 Å². The first-order chi connectivity index (χ1) is 8.61. The van der Waals surface area contributed by atoms with Crippen LogP contribution in [0.25, 0.3) is 0 Å². The van der Waals surface area contributed by atoms with E-state index in [9.17, 15) is 0 Å². The van der Waals surface area contributed by atoms with E-state index in [1.807, 2.05) is 12.4 Å². The summed E-state index contributed by atoms with van der Waals surface area (Å²) in [5.41, 5.74) is 6.33. The lowest BCUT2D eigenvalue weighted by Gasteiger charge is -2.38. The minimum absolute atomic E-state index is 0.0268. The van der Waals surface area contributed by atoms with Crippen molar-refractivity contribution < 1.29 is 0 Å². The van der Waals surface area contributed by atoms with Crippen molar-refractivity contribution in [3.8, 4) is 0 Å². The lowest BCUT2D eigenvalue weighted by atomic mass is 10.0. The van der Waals surface area contributed by atoms with E-state index in [2.05, 4.69) is 40.4 Å².